The van der Waals surface area contributed by atoms with E-state index < -0.39 is 16.6 Å². The topological polar surface area (TPSA) is 57.2 Å². The maximum Gasteiger partial charge on any atom is 0.251 e. The van der Waals surface area contributed by atoms with E-state index in [1.807, 2.05) is 6.92 Å². The molecule has 0 aromatic rings. The van der Waals surface area contributed by atoms with Crippen LogP contribution in [0.4, 0.5) is 0 Å². The van der Waals surface area contributed by atoms with Gasteiger partial charge in [-0.1, -0.05) is 41.5 Å². The van der Waals surface area contributed by atoms with E-state index in [9.17, 15) is 4.79 Å². The Hall–Kier alpha value is -0.256. The summed E-state index contributed by atoms with van der Waals surface area (Å²) in [6.07, 6.45) is -0.346. The van der Waals surface area contributed by atoms with Gasteiger partial charge in [0.15, 0.2) is 16.6 Å². The molecule has 0 aliphatic heterocycles. The highest BCUT2D eigenvalue weighted by Crippen LogP contribution is 2.37. The molecule has 0 bridgehead atoms. The fourth-order valence-corrected chi connectivity index (χ4v) is 5.74. The second-order valence-electron chi connectivity index (χ2n) is 11.1. The molecule has 0 N–H and O–H groups in total. The number of hydrogen-bond donors (Lipinski definition) is 0. The first kappa shape index (κ1) is 29.7. The van der Waals surface area contributed by atoms with Crippen molar-refractivity contribution in [2.45, 2.75) is 91.5 Å². The molecule has 30 heavy (non-hydrogen) atoms. The molecule has 0 saturated carbocycles. The third kappa shape index (κ3) is 8.71. The van der Waals surface area contributed by atoms with Gasteiger partial charge in [-0.2, -0.15) is 0 Å². The fraction of sp³-hybridized carbons (Fsp3) is 0.955. The average molecular weight is 464 g/mol. The molecular formula is C22H49NO5Si2. The maximum absolute atomic E-state index is 12.8. The highest BCUT2D eigenvalue weighted by Gasteiger charge is 2.41. The number of methoxy groups -OCH3 is 1. The van der Waals surface area contributed by atoms with E-state index in [-0.39, 0.29) is 40.9 Å². The molecule has 0 aliphatic carbocycles. The van der Waals surface area contributed by atoms with Crippen molar-refractivity contribution in [2.24, 2.45) is 17.8 Å². The van der Waals surface area contributed by atoms with Crippen LogP contribution in [0.15, 0.2) is 0 Å². The van der Waals surface area contributed by atoms with E-state index in [4.69, 9.17) is 18.4 Å². The van der Waals surface area contributed by atoms with Crippen molar-refractivity contribution in [3.63, 3.8) is 0 Å². The summed E-state index contributed by atoms with van der Waals surface area (Å²) >= 11 is 0. The van der Waals surface area contributed by atoms with Crippen LogP contribution in [0.25, 0.3) is 0 Å². The lowest BCUT2D eigenvalue weighted by Crippen LogP contribution is -2.50. The predicted octanol–water partition coefficient (Wildman–Crippen LogP) is 5.17. The van der Waals surface area contributed by atoms with E-state index >= 15 is 0 Å². The molecule has 5 atom stereocenters. The molecule has 0 rings (SSSR count). The van der Waals surface area contributed by atoms with Gasteiger partial charge in [0, 0.05) is 32.6 Å². The monoisotopic (exact) mass is 463 g/mol. The second kappa shape index (κ2) is 11.6. The molecule has 6 nitrogen and oxygen atoms in total. The Kier molecular flexibility index (Phi) is 11.5. The molecule has 8 heteroatoms. The number of ether oxygens (including phenoxy) is 1. The normalized spacial score (nSPS) is 18.5. The second-order valence-corrected chi connectivity index (χ2v) is 20.4. The van der Waals surface area contributed by atoms with Crippen molar-refractivity contribution in [3.8, 4) is 0 Å². The molecule has 0 unspecified atom stereocenters. The van der Waals surface area contributed by atoms with Crippen molar-refractivity contribution in [2.75, 3.05) is 27.9 Å². The van der Waals surface area contributed by atoms with Crippen LogP contribution >= 0.6 is 0 Å². The van der Waals surface area contributed by atoms with E-state index in [0.29, 0.717) is 6.61 Å². The minimum Gasteiger partial charge on any atom is -0.416 e. The summed E-state index contributed by atoms with van der Waals surface area (Å²) in [4.78, 5) is 18.0. The van der Waals surface area contributed by atoms with Crippen LogP contribution in [0.5, 0.6) is 0 Å². The van der Waals surface area contributed by atoms with Crippen LogP contribution in [-0.2, 0) is 23.2 Å². The first-order valence-corrected chi connectivity index (χ1v) is 17.4. The Morgan fingerprint density at radius 2 is 1.47 bits per heavy atom. The number of carbonyl (C=O) groups excluding carboxylic acids is 1. The van der Waals surface area contributed by atoms with Gasteiger partial charge < -0.3 is 13.6 Å². The van der Waals surface area contributed by atoms with Crippen LogP contribution in [0.3, 0.4) is 0 Å². The van der Waals surface area contributed by atoms with Gasteiger partial charge in [-0.3, -0.25) is 9.63 Å². The minimum absolute atomic E-state index is 0.0175. The van der Waals surface area contributed by atoms with Crippen molar-refractivity contribution in [1.29, 1.82) is 0 Å². The zero-order chi connectivity index (χ0) is 24.1. The number of hydrogen-bond acceptors (Lipinski definition) is 5. The van der Waals surface area contributed by atoms with Crippen molar-refractivity contribution in [3.05, 3.63) is 0 Å². The lowest BCUT2D eigenvalue weighted by atomic mass is 9.84. The molecular weight excluding hydrogens is 414 g/mol. The Morgan fingerprint density at radius 1 is 0.967 bits per heavy atom. The highest BCUT2D eigenvalue weighted by molar-refractivity contribution is 6.74. The standard InChI is InChI=1S/C22H49NO5Si2/c1-16(15-27-30(13,14)22(4,5)6)19(25-8)17(2)20(28-29(10,11)12)18(3)21(24)23(7)26-9/h16-20H,15H2,1-14H3/t16-,17-,18-,19-,20+/m1/s1. The zero-order valence-corrected chi connectivity index (χ0v) is 24.1. The van der Waals surface area contributed by atoms with E-state index in [2.05, 4.69) is 67.4 Å². The molecule has 0 aromatic carbocycles. The number of nitrogens with zero attached hydrogens (tertiary/aromatic N) is 1. The van der Waals surface area contributed by atoms with E-state index in [1.165, 1.54) is 12.2 Å². The molecule has 0 radical (unpaired) electrons. The number of amides is 1. The molecule has 0 heterocycles. The van der Waals surface area contributed by atoms with Gasteiger partial charge in [0.25, 0.3) is 5.91 Å². The van der Waals surface area contributed by atoms with Crippen molar-refractivity contribution < 1.29 is 23.2 Å². The summed E-state index contributed by atoms with van der Waals surface area (Å²) < 4.78 is 18.9. The third-order valence-corrected chi connectivity index (χ3v) is 11.8. The number of carbonyl (C=O) groups is 1. The minimum atomic E-state index is -1.89. The third-order valence-electron chi connectivity index (χ3n) is 6.34. The van der Waals surface area contributed by atoms with Crippen LogP contribution in [0, 0.1) is 17.8 Å². The summed E-state index contributed by atoms with van der Waals surface area (Å²) in [5, 5.41) is 1.44. The summed E-state index contributed by atoms with van der Waals surface area (Å²) in [6.45, 7) is 24.6. The molecule has 0 spiro atoms. The Morgan fingerprint density at radius 3 is 1.83 bits per heavy atom. The first-order chi connectivity index (χ1) is 13.4. The van der Waals surface area contributed by atoms with Crippen LogP contribution < -0.4 is 0 Å². The summed E-state index contributed by atoms with van der Waals surface area (Å²) in [6, 6.07) is 0. The predicted molar refractivity (Wildman–Crippen MR) is 129 cm³/mol. The SMILES string of the molecule is CO[C@@H]([C@@H](C)[C@H](O[Si](C)(C)C)[C@@H](C)C(=O)N(C)OC)[C@H](C)CO[Si](C)(C)C(C)(C)C. The smallest absolute Gasteiger partial charge is 0.251 e. The molecule has 0 saturated heterocycles. The molecule has 0 fully saturated rings. The van der Waals surface area contributed by atoms with Crippen molar-refractivity contribution >= 4 is 22.5 Å². The van der Waals surface area contributed by atoms with Gasteiger partial charge in [-0.25, -0.2) is 5.06 Å². The van der Waals surface area contributed by atoms with Crippen LogP contribution in [0.2, 0.25) is 37.8 Å². The Labute approximate surface area is 188 Å². The molecule has 180 valence electrons. The average Bonchev–Trinajstić information content (AvgIpc) is 2.61. The lowest BCUT2D eigenvalue weighted by molar-refractivity contribution is -0.178. The summed E-state index contributed by atoms with van der Waals surface area (Å²) in [5.41, 5.74) is 0. The maximum atomic E-state index is 12.8. The first-order valence-electron chi connectivity index (χ1n) is 11.1. The molecule has 0 aromatic heterocycles. The van der Waals surface area contributed by atoms with Gasteiger partial charge in [0.2, 0.25) is 0 Å². The number of rotatable bonds is 12. The highest BCUT2D eigenvalue weighted by atomic mass is 28.4. The zero-order valence-electron chi connectivity index (χ0n) is 22.1. The Balaban J connectivity index is 5.59. The summed E-state index contributed by atoms with van der Waals surface area (Å²) in [5.74, 6) is -0.242. The van der Waals surface area contributed by atoms with Gasteiger partial charge in [-0.15, -0.1) is 0 Å². The van der Waals surface area contributed by atoms with Crippen LogP contribution in [0.1, 0.15) is 41.5 Å². The van der Waals surface area contributed by atoms with Crippen molar-refractivity contribution in [1.82, 2.24) is 5.06 Å². The molecule has 1 amide bonds. The Bertz CT molecular complexity index is 531. The van der Waals surface area contributed by atoms with Gasteiger partial charge in [0.05, 0.1) is 25.2 Å². The van der Waals surface area contributed by atoms with Gasteiger partial charge in [-0.05, 0) is 37.8 Å². The number of hydroxylamine groups is 2. The largest absolute Gasteiger partial charge is 0.416 e. The molecule has 0 aliphatic rings. The van der Waals surface area contributed by atoms with Gasteiger partial charge in [0.1, 0.15) is 0 Å². The van der Waals surface area contributed by atoms with Gasteiger partial charge >= 0.3 is 0 Å². The lowest BCUT2D eigenvalue weighted by Gasteiger charge is -2.41. The van der Waals surface area contributed by atoms with E-state index in [1.54, 1.807) is 14.2 Å². The quantitative estimate of drug-likeness (QED) is 0.295. The van der Waals surface area contributed by atoms with Crippen LogP contribution in [-0.4, -0.2) is 67.7 Å². The van der Waals surface area contributed by atoms with E-state index in [0.717, 1.165) is 0 Å². The fourth-order valence-electron chi connectivity index (χ4n) is 3.39. The summed E-state index contributed by atoms with van der Waals surface area (Å²) in [7, 11) is 1.14.